The highest BCUT2D eigenvalue weighted by atomic mass is 127. The summed E-state index contributed by atoms with van der Waals surface area (Å²) < 4.78 is 1.28. The Morgan fingerprint density at radius 1 is 1.00 bits per heavy atom. The van der Waals surface area contributed by atoms with E-state index in [0.29, 0.717) is 6.04 Å². The van der Waals surface area contributed by atoms with Gasteiger partial charge in [-0.2, -0.15) is 0 Å². The van der Waals surface area contributed by atoms with Gasteiger partial charge in [-0.05, 0) is 58.8 Å². The monoisotopic (exact) mass is 351 g/mol. The first kappa shape index (κ1) is 13.6. The molecule has 0 aliphatic heterocycles. The van der Waals surface area contributed by atoms with Gasteiger partial charge in [0, 0.05) is 3.57 Å². The van der Waals surface area contributed by atoms with Crippen molar-refractivity contribution in [2.75, 3.05) is 6.54 Å². The fraction of sp³-hybridized carbons (Fsp3) is 0.250. The van der Waals surface area contributed by atoms with Crippen molar-refractivity contribution in [1.82, 2.24) is 5.32 Å². The van der Waals surface area contributed by atoms with Crippen LogP contribution in [-0.2, 0) is 0 Å². The zero-order chi connectivity index (χ0) is 12.8. The van der Waals surface area contributed by atoms with Crippen LogP contribution in [-0.4, -0.2) is 6.54 Å². The van der Waals surface area contributed by atoms with Crippen molar-refractivity contribution in [1.29, 1.82) is 0 Å². The molecule has 0 amide bonds. The van der Waals surface area contributed by atoms with Gasteiger partial charge < -0.3 is 5.32 Å². The highest BCUT2D eigenvalue weighted by molar-refractivity contribution is 14.1. The summed E-state index contributed by atoms with van der Waals surface area (Å²) in [6.07, 6.45) is 1.15. The van der Waals surface area contributed by atoms with E-state index in [4.69, 9.17) is 0 Å². The predicted molar refractivity (Wildman–Crippen MR) is 85.7 cm³/mol. The zero-order valence-electron chi connectivity index (χ0n) is 10.6. The van der Waals surface area contributed by atoms with Crippen molar-refractivity contribution in [2.24, 2.45) is 0 Å². The van der Waals surface area contributed by atoms with Crippen LogP contribution < -0.4 is 5.32 Å². The second kappa shape index (κ2) is 6.90. The molecule has 2 heteroatoms. The summed E-state index contributed by atoms with van der Waals surface area (Å²) in [5, 5.41) is 3.63. The van der Waals surface area contributed by atoms with Gasteiger partial charge in [-0.3, -0.25) is 0 Å². The standard InChI is InChI=1S/C16H18IN/c1-2-11-18-16(13-7-4-3-5-8-13)14-9-6-10-15(17)12-14/h3-10,12,16,18H,2,11H2,1H3. The lowest BCUT2D eigenvalue weighted by molar-refractivity contribution is 0.598. The van der Waals surface area contributed by atoms with E-state index in [1.54, 1.807) is 0 Å². The molecule has 0 aliphatic carbocycles. The third kappa shape index (κ3) is 3.56. The first-order chi connectivity index (χ1) is 8.81. The molecule has 0 aliphatic rings. The molecule has 0 heterocycles. The summed E-state index contributed by atoms with van der Waals surface area (Å²) in [5.74, 6) is 0. The molecule has 94 valence electrons. The molecule has 0 spiro atoms. The van der Waals surface area contributed by atoms with Crippen molar-refractivity contribution >= 4 is 22.6 Å². The van der Waals surface area contributed by atoms with Gasteiger partial charge in [0.05, 0.1) is 6.04 Å². The second-order valence-corrected chi connectivity index (χ2v) is 5.60. The van der Waals surface area contributed by atoms with Crippen LogP contribution in [0.4, 0.5) is 0 Å². The van der Waals surface area contributed by atoms with Crippen LogP contribution in [0.1, 0.15) is 30.5 Å². The van der Waals surface area contributed by atoms with E-state index >= 15 is 0 Å². The minimum absolute atomic E-state index is 0.292. The molecule has 0 fully saturated rings. The maximum Gasteiger partial charge on any atom is 0.0577 e. The number of halogens is 1. The van der Waals surface area contributed by atoms with Gasteiger partial charge in [0.1, 0.15) is 0 Å². The van der Waals surface area contributed by atoms with Crippen LogP contribution in [0.5, 0.6) is 0 Å². The molecule has 0 radical (unpaired) electrons. The molecule has 0 saturated carbocycles. The summed E-state index contributed by atoms with van der Waals surface area (Å²) in [6.45, 7) is 3.23. The van der Waals surface area contributed by atoms with Crippen LogP contribution in [0.2, 0.25) is 0 Å². The van der Waals surface area contributed by atoms with E-state index < -0.39 is 0 Å². The molecule has 2 rings (SSSR count). The van der Waals surface area contributed by atoms with Crippen LogP contribution in [0.25, 0.3) is 0 Å². The summed E-state index contributed by atoms with van der Waals surface area (Å²) in [6, 6.07) is 19.6. The SMILES string of the molecule is CCCNC(c1ccccc1)c1cccc(I)c1. The van der Waals surface area contributed by atoms with Gasteiger partial charge in [-0.25, -0.2) is 0 Å². The molecule has 0 bridgehead atoms. The van der Waals surface area contributed by atoms with E-state index in [9.17, 15) is 0 Å². The minimum atomic E-state index is 0.292. The Hall–Kier alpha value is -0.870. The van der Waals surface area contributed by atoms with E-state index in [1.165, 1.54) is 14.7 Å². The molecule has 0 saturated heterocycles. The summed E-state index contributed by atoms with van der Waals surface area (Å²) in [5.41, 5.74) is 2.66. The highest BCUT2D eigenvalue weighted by Crippen LogP contribution is 2.23. The molecule has 0 aromatic heterocycles. The normalized spacial score (nSPS) is 12.3. The van der Waals surface area contributed by atoms with Crippen molar-refractivity contribution in [3.8, 4) is 0 Å². The lowest BCUT2D eigenvalue weighted by atomic mass is 9.99. The molecule has 2 aromatic rings. The van der Waals surface area contributed by atoms with Crippen molar-refractivity contribution in [3.63, 3.8) is 0 Å². The summed E-state index contributed by atoms with van der Waals surface area (Å²) in [7, 11) is 0. The van der Waals surface area contributed by atoms with E-state index in [1.807, 2.05) is 0 Å². The Morgan fingerprint density at radius 2 is 1.72 bits per heavy atom. The van der Waals surface area contributed by atoms with Gasteiger partial charge >= 0.3 is 0 Å². The smallest absolute Gasteiger partial charge is 0.0577 e. The zero-order valence-corrected chi connectivity index (χ0v) is 12.7. The number of benzene rings is 2. The Kier molecular flexibility index (Phi) is 5.20. The molecule has 1 atom stereocenters. The molecular weight excluding hydrogens is 333 g/mol. The van der Waals surface area contributed by atoms with Gasteiger partial charge in [-0.15, -0.1) is 0 Å². The maximum atomic E-state index is 3.63. The summed E-state index contributed by atoms with van der Waals surface area (Å²) in [4.78, 5) is 0. The minimum Gasteiger partial charge on any atom is -0.306 e. The van der Waals surface area contributed by atoms with Crippen LogP contribution in [0, 0.1) is 3.57 Å². The number of hydrogen-bond acceptors (Lipinski definition) is 1. The Morgan fingerprint density at radius 3 is 2.39 bits per heavy atom. The van der Waals surface area contributed by atoms with Crippen molar-refractivity contribution in [2.45, 2.75) is 19.4 Å². The Bertz CT molecular complexity index is 481. The van der Waals surface area contributed by atoms with Crippen molar-refractivity contribution < 1.29 is 0 Å². The topological polar surface area (TPSA) is 12.0 Å². The molecular formula is C16H18IN. The second-order valence-electron chi connectivity index (χ2n) is 4.35. The van der Waals surface area contributed by atoms with Gasteiger partial charge in [-0.1, -0.05) is 49.4 Å². The highest BCUT2D eigenvalue weighted by Gasteiger charge is 2.12. The lowest BCUT2D eigenvalue weighted by Crippen LogP contribution is -2.23. The fourth-order valence-electron chi connectivity index (χ4n) is 2.05. The van der Waals surface area contributed by atoms with E-state index in [-0.39, 0.29) is 0 Å². The first-order valence-electron chi connectivity index (χ1n) is 6.35. The van der Waals surface area contributed by atoms with Gasteiger partial charge in [0.25, 0.3) is 0 Å². The Balaban J connectivity index is 2.31. The molecule has 1 nitrogen and oxygen atoms in total. The largest absolute Gasteiger partial charge is 0.306 e. The van der Waals surface area contributed by atoms with E-state index in [0.717, 1.165) is 13.0 Å². The lowest BCUT2D eigenvalue weighted by Gasteiger charge is -2.19. The average Bonchev–Trinajstić information content (AvgIpc) is 2.40. The molecule has 1 N–H and O–H groups in total. The van der Waals surface area contributed by atoms with Crippen LogP contribution in [0.3, 0.4) is 0 Å². The van der Waals surface area contributed by atoms with Gasteiger partial charge in [0.15, 0.2) is 0 Å². The summed E-state index contributed by atoms with van der Waals surface area (Å²) >= 11 is 2.37. The number of hydrogen-bond donors (Lipinski definition) is 1. The van der Waals surface area contributed by atoms with Crippen LogP contribution >= 0.6 is 22.6 Å². The molecule has 2 aromatic carbocycles. The quantitative estimate of drug-likeness (QED) is 0.789. The first-order valence-corrected chi connectivity index (χ1v) is 7.43. The fourth-order valence-corrected chi connectivity index (χ4v) is 2.62. The predicted octanol–water partition coefficient (Wildman–Crippen LogP) is 4.38. The van der Waals surface area contributed by atoms with Crippen molar-refractivity contribution in [3.05, 3.63) is 69.3 Å². The van der Waals surface area contributed by atoms with Crippen LogP contribution in [0.15, 0.2) is 54.6 Å². The third-order valence-corrected chi connectivity index (χ3v) is 3.58. The Labute approximate surface area is 123 Å². The van der Waals surface area contributed by atoms with Gasteiger partial charge in [0.2, 0.25) is 0 Å². The number of nitrogens with one attached hydrogen (secondary N) is 1. The average molecular weight is 351 g/mol. The maximum absolute atomic E-state index is 3.63. The molecule has 1 unspecified atom stereocenters. The van der Waals surface area contributed by atoms with E-state index in [2.05, 4.69) is 89.4 Å². The molecule has 18 heavy (non-hydrogen) atoms. The number of rotatable bonds is 5. The third-order valence-electron chi connectivity index (χ3n) is 2.91.